The van der Waals surface area contributed by atoms with Gasteiger partial charge in [-0.15, -0.1) is 0 Å². The van der Waals surface area contributed by atoms with Gasteiger partial charge in [0.25, 0.3) is 11.8 Å². The number of carbonyl (C=O) groups excluding carboxylic acids is 2. The van der Waals surface area contributed by atoms with Crippen LogP contribution in [0.5, 0.6) is 11.5 Å². The minimum atomic E-state index is -1.02. The molecule has 9 heteroatoms. The number of fused-ring (bicyclic) bond motifs is 2. The third-order valence-corrected chi connectivity index (χ3v) is 6.36. The van der Waals surface area contributed by atoms with Crippen LogP contribution in [0.2, 0.25) is 0 Å². The van der Waals surface area contributed by atoms with Gasteiger partial charge in [0.1, 0.15) is 6.04 Å². The number of aromatic hydroxyl groups is 1. The maximum absolute atomic E-state index is 13.0. The number of hydrogen-bond acceptors (Lipinski definition) is 6. The molecule has 0 radical (unpaired) electrons. The van der Waals surface area contributed by atoms with Crippen LogP contribution in [0.1, 0.15) is 33.6 Å². The average Bonchev–Trinajstić information content (AvgIpc) is 3.30. The Bertz CT molecular complexity index is 1370. The molecule has 0 aliphatic carbocycles. The lowest BCUT2D eigenvalue weighted by atomic mass is 10.0. The highest BCUT2D eigenvalue weighted by atomic mass is 16.5. The fraction of sp³-hybridized carbons (Fsp3) is 0.192. The van der Waals surface area contributed by atoms with Gasteiger partial charge in [-0.05, 0) is 66.4 Å². The summed E-state index contributed by atoms with van der Waals surface area (Å²) < 4.78 is 5.20. The number of anilines is 3. The summed E-state index contributed by atoms with van der Waals surface area (Å²) in [6.45, 7) is 0.383. The first-order chi connectivity index (χ1) is 16.9. The van der Waals surface area contributed by atoms with Gasteiger partial charge in [-0.25, -0.2) is 4.79 Å². The van der Waals surface area contributed by atoms with E-state index < -0.39 is 12.0 Å². The zero-order valence-electron chi connectivity index (χ0n) is 18.9. The third kappa shape index (κ3) is 4.01. The number of nitrogens with zero attached hydrogens (tertiary/aromatic N) is 1. The van der Waals surface area contributed by atoms with E-state index in [9.17, 15) is 24.6 Å². The number of carbonyl (C=O) groups is 3. The van der Waals surface area contributed by atoms with Crippen molar-refractivity contribution in [1.29, 1.82) is 0 Å². The van der Waals surface area contributed by atoms with Gasteiger partial charge < -0.3 is 30.5 Å². The summed E-state index contributed by atoms with van der Waals surface area (Å²) in [6, 6.07) is 14.4. The van der Waals surface area contributed by atoms with E-state index in [-0.39, 0.29) is 17.6 Å². The van der Waals surface area contributed by atoms with Crippen molar-refractivity contribution in [1.82, 2.24) is 4.90 Å². The lowest BCUT2D eigenvalue weighted by Crippen LogP contribution is -2.40. The van der Waals surface area contributed by atoms with E-state index in [0.717, 1.165) is 11.1 Å². The Hall–Kier alpha value is -4.53. The number of hydrogen-bond donors (Lipinski definition) is 4. The lowest BCUT2D eigenvalue weighted by Gasteiger charge is -2.22. The lowest BCUT2D eigenvalue weighted by molar-refractivity contribution is -0.141. The van der Waals surface area contributed by atoms with E-state index in [4.69, 9.17) is 4.74 Å². The Morgan fingerprint density at radius 3 is 2.51 bits per heavy atom. The van der Waals surface area contributed by atoms with Gasteiger partial charge in [-0.2, -0.15) is 0 Å². The van der Waals surface area contributed by atoms with E-state index in [0.29, 0.717) is 53.3 Å². The molecule has 3 aromatic carbocycles. The van der Waals surface area contributed by atoms with E-state index >= 15 is 0 Å². The Balaban J connectivity index is 1.46. The van der Waals surface area contributed by atoms with Crippen molar-refractivity contribution in [3.63, 3.8) is 0 Å². The van der Waals surface area contributed by atoms with Crippen LogP contribution in [-0.2, 0) is 4.79 Å². The molecule has 0 spiro atoms. The summed E-state index contributed by atoms with van der Waals surface area (Å²) in [5.41, 5.74) is 3.95. The topological polar surface area (TPSA) is 128 Å². The number of carboxylic acid groups (broad SMARTS) is 1. The zero-order valence-corrected chi connectivity index (χ0v) is 18.9. The first-order valence-corrected chi connectivity index (χ1v) is 11.1. The molecule has 9 nitrogen and oxygen atoms in total. The molecular formula is C26H23N3O6. The van der Waals surface area contributed by atoms with Crippen molar-refractivity contribution in [3.8, 4) is 22.6 Å². The van der Waals surface area contributed by atoms with Crippen molar-refractivity contribution in [2.24, 2.45) is 0 Å². The molecule has 0 bridgehead atoms. The number of rotatable bonds is 4. The number of benzene rings is 3. The number of ether oxygens (including phenoxy) is 1. The molecule has 3 aromatic rings. The van der Waals surface area contributed by atoms with Crippen LogP contribution in [0.4, 0.5) is 17.1 Å². The average molecular weight is 473 g/mol. The van der Waals surface area contributed by atoms with E-state index in [1.54, 1.807) is 48.5 Å². The second-order valence-corrected chi connectivity index (χ2v) is 8.48. The van der Waals surface area contributed by atoms with Crippen LogP contribution in [-0.4, -0.2) is 52.6 Å². The smallest absolute Gasteiger partial charge is 0.326 e. The maximum atomic E-state index is 13.0. The van der Waals surface area contributed by atoms with E-state index in [1.807, 2.05) is 6.07 Å². The summed E-state index contributed by atoms with van der Waals surface area (Å²) in [5, 5.41) is 25.4. The molecule has 1 atom stereocenters. The highest BCUT2D eigenvalue weighted by molar-refractivity contribution is 6.13. The molecule has 178 valence electrons. The van der Waals surface area contributed by atoms with Crippen molar-refractivity contribution in [2.75, 3.05) is 24.3 Å². The van der Waals surface area contributed by atoms with Gasteiger partial charge in [0.05, 0.1) is 29.7 Å². The number of phenols is 1. The molecule has 4 N–H and O–H groups in total. The van der Waals surface area contributed by atoms with Crippen molar-refractivity contribution < 1.29 is 29.3 Å². The fourth-order valence-corrected chi connectivity index (χ4v) is 4.54. The first-order valence-electron chi connectivity index (χ1n) is 11.1. The fourth-order valence-electron chi connectivity index (χ4n) is 4.54. The zero-order chi connectivity index (χ0) is 24.7. The third-order valence-electron chi connectivity index (χ3n) is 6.36. The molecule has 1 fully saturated rings. The molecule has 35 heavy (non-hydrogen) atoms. The van der Waals surface area contributed by atoms with Crippen molar-refractivity contribution in [2.45, 2.75) is 18.9 Å². The van der Waals surface area contributed by atoms with Crippen molar-refractivity contribution in [3.05, 3.63) is 65.7 Å². The number of nitrogens with one attached hydrogen (secondary N) is 2. The van der Waals surface area contributed by atoms with Gasteiger partial charge in [0.15, 0.2) is 11.5 Å². The monoisotopic (exact) mass is 473 g/mol. The second-order valence-electron chi connectivity index (χ2n) is 8.48. The quantitative estimate of drug-likeness (QED) is 0.450. The summed E-state index contributed by atoms with van der Waals surface area (Å²) in [4.78, 5) is 38.8. The molecule has 2 aliphatic heterocycles. The SMILES string of the molecule is COc1cc(-c2ccc3c(c2)Nc2ccc(C(=O)N4CCCC4C(=O)O)cc2NC3=O)ccc1O. The van der Waals surface area contributed by atoms with Gasteiger partial charge in [-0.1, -0.05) is 12.1 Å². The summed E-state index contributed by atoms with van der Waals surface area (Å²) in [5.74, 6) is -1.36. The summed E-state index contributed by atoms with van der Waals surface area (Å²) >= 11 is 0. The van der Waals surface area contributed by atoms with Crippen LogP contribution in [0.25, 0.3) is 11.1 Å². The first kappa shape index (κ1) is 22.3. The van der Waals surface area contributed by atoms with E-state index in [2.05, 4.69) is 10.6 Å². The highest BCUT2D eigenvalue weighted by Crippen LogP contribution is 2.37. The van der Waals surface area contributed by atoms with Gasteiger partial charge in [0.2, 0.25) is 0 Å². The molecule has 1 unspecified atom stereocenters. The second kappa shape index (κ2) is 8.68. The molecule has 0 aromatic heterocycles. The van der Waals surface area contributed by atoms with Crippen molar-refractivity contribution >= 4 is 34.8 Å². The van der Waals surface area contributed by atoms with Gasteiger partial charge in [-0.3, -0.25) is 9.59 Å². The molecule has 2 amide bonds. The Morgan fingerprint density at radius 2 is 1.74 bits per heavy atom. The standard InChI is InChI=1S/C26H23N3O6/c1-35-23-13-15(6-9-22(23)30)14-4-7-17-19(11-14)27-18-8-5-16(12-20(18)28-24(17)31)25(32)29-10-2-3-21(29)26(33)34/h4-9,11-13,21,27,30H,2-3,10H2,1H3,(H,28,31)(H,33,34). The van der Waals surface area contributed by atoms with Crippen LogP contribution in [0.15, 0.2) is 54.6 Å². The largest absolute Gasteiger partial charge is 0.504 e. The molecule has 2 heterocycles. The van der Waals surface area contributed by atoms with Gasteiger partial charge >= 0.3 is 5.97 Å². The van der Waals surface area contributed by atoms with E-state index in [1.165, 1.54) is 12.0 Å². The number of methoxy groups -OCH3 is 1. The molecule has 0 saturated carbocycles. The van der Waals surface area contributed by atoms with Crippen LogP contribution < -0.4 is 15.4 Å². The van der Waals surface area contributed by atoms with Crippen LogP contribution in [0, 0.1) is 0 Å². The van der Waals surface area contributed by atoms with Gasteiger partial charge in [0, 0.05) is 12.1 Å². The van der Waals surface area contributed by atoms with Crippen LogP contribution >= 0.6 is 0 Å². The number of likely N-dealkylation sites (tertiary alicyclic amines) is 1. The number of amides is 2. The van der Waals surface area contributed by atoms with Crippen LogP contribution in [0.3, 0.4) is 0 Å². The number of aliphatic carboxylic acids is 1. The Kier molecular flexibility index (Phi) is 5.52. The highest BCUT2D eigenvalue weighted by Gasteiger charge is 2.34. The predicted octanol–water partition coefficient (Wildman–Crippen LogP) is 4.07. The maximum Gasteiger partial charge on any atom is 0.326 e. The summed E-state index contributed by atoms with van der Waals surface area (Å²) in [6.07, 6.45) is 1.06. The molecule has 5 rings (SSSR count). The number of phenolic OH excluding ortho intramolecular Hbond substituents is 1. The Labute approximate surface area is 200 Å². The predicted molar refractivity (Wildman–Crippen MR) is 129 cm³/mol. The minimum Gasteiger partial charge on any atom is -0.504 e. The summed E-state index contributed by atoms with van der Waals surface area (Å²) in [7, 11) is 1.48. The molecule has 1 saturated heterocycles. The number of carboxylic acids is 1. The molecule has 2 aliphatic rings. The Morgan fingerprint density at radius 1 is 0.971 bits per heavy atom. The molecular weight excluding hydrogens is 450 g/mol. The minimum absolute atomic E-state index is 0.0337. The normalized spacial score (nSPS) is 16.4.